The van der Waals surface area contributed by atoms with E-state index >= 15 is 0 Å². The maximum Gasteiger partial charge on any atom is 0.115 e. The Bertz CT molecular complexity index is 154. The van der Waals surface area contributed by atoms with Gasteiger partial charge in [-0.1, -0.05) is 42.1 Å². The van der Waals surface area contributed by atoms with Gasteiger partial charge in [0.1, 0.15) is 16.5 Å². The van der Waals surface area contributed by atoms with E-state index in [4.69, 9.17) is 0 Å². The van der Waals surface area contributed by atoms with Crippen LogP contribution in [0.5, 0.6) is 0 Å². The predicted octanol–water partition coefficient (Wildman–Crippen LogP) is 3.11. The van der Waals surface area contributed by atoms with Crippen LogP contribution in [0.1, 0.15) is 0 Å². The molecule has 0 amide bonds. The third-order valence-corrected chi connectivity index (χ3v) is 13.9. The Kier molecular flexibility index (Phi) is 3.24. The van der Waals surface area contributed by atoms with Crippen molar-refractivity contribution in [3.05, 3.63) is 0 Å². The van der Waals surface area contributed by atoms with E-state index in [-0.39, 0.29) is 0 Å². The average Bonchev–Trinajstić information content (AvgIpc) is 2.13. The normalized spacial score (nSPS) is 27.8. The van der Waals surface area contributed by atoms with Crippen LogP contribution in [0.15, 0.2) is 0 Å². The molecule has 0 radical (unpaired) electrons. The van der Waals surface area contributed by atoms with Crippen LogP contribution in [0.25, 0.3) is 0 Å². The van der Waals surface area contributed by atoms with Gasteiger partial charge < -0.3 is 4.23 Å². The summed E-state index contributed by atoms with van der Waals surface area (Å²) in [5, 5.41) is 1.15. The van der Waals surface area contributed by atoms with Crippen LogP contribution >= 0.6 is 15.9 Å². The van der Waals surface area contributed by atoms with E-state index in [1.165, 1.54) is 18.6 Å². The van der Waals surface area contributed by atoms with E-state index in [2.05, 4.69) is 46.3 Å². The SMILES string of the molecule is C[Si]1(C)CC[Si](C)(C)N1CCBr. The summed E-state index contributed by atoms with van der Waals surface area (Å²) >= 11 is 3.57. The van der Waals surface area contributed by atoms with E-state index in [9.17, 15) is 0 Å². The highest BCUT2D eigenvalue weighted by molar-refractivity contribution is 9.09. The fourth-order valence-corrected chi connectivity index (χ4v) is 17.5. The molecule has 1 rings (SSSR count). The highest BCUT2D eigenvalue weighted by atomic mass is 79.9. The van der Waals surface area contributed by atoms with E-state index in [0.717, 1.165) is 5.33 Å². The summed E-state index contributed by atoms with van der Waals surface area (Å²) < 4.78 is 2.90. The third kappa shape index (κ3) is 2.03. The van der Waals surface area contributed by atoms with Crippen LogP contribution < -0.4 is 0 Å². The van der Waals surface area contributed by atoms with Crippen LogP contribution in [0.2, 0.25) is 38.3 Å². The molecule has 1 aliphatic rings. The van der Waals surface area contributed by atoms with Gasteiger partial charge in [-0.25, -0.2) is 0 Å². The predicted molar refractivity (Wildman–Crippen MR) is 65.1 cm³/mol. The van der Waals surface area contributed by atoms with Crippen molar-refractivity contribution in [2.75, 3.05) is 11.9 Å². The zero-order valence-corrected chi connectivity index (χ0v) is 12.2. The van der Waals surface area contributed by atoms with E-state index in [0.29, 0.717) is 0 Å². The molecular weight excluding hydrogens is 246 g/mol. The van der Waals surface area contributed by atoms with Gasteiger partial charge >= 0.3 is 0 Å². The Balaban J connectivity index is 2.74. The highest BCUT2D eigenvalue weighted by Gasteiger charge is 2.46. The van der Waals surface area contributed by atoms with Crippen molar-refractivity contribution >= 4 is 32.4 Å². The Hall–Kier alpha value is 0.874. The standard InChI is InChI=1S/C8H20BrNSi2/c1-11(2)7-8-12(3,4)10(11)6-5-9/h5-8H2,1-4H3. The molecule has 1 saturated heterocycles. The number of nitrogens with zero attached hydrogens (tertiary/aromatic N) is 1. The van der Waals surface area contributed by atoms with Crippen molar-refractivity contribution in [2.45, 2.75) is 38.3 Å². The second-order valence-electron chi connectivity index (χ2n) is 4.97. The van der Waals surface area contributed by atoms with Crippen molar-refractivity contribution < 1.29 is 0 Å². The van der Waals surface area contributed by atoms with Gasteiger partial charge in [-0.05, 0) is 18.6 Å². The quantitative estimate of drug-likeness (QED) is 0.548. The first kappa shape index (κ1) is 11.0. The number of rotatable bonds is 2. The Morgan fingerprint density at radius 2 is 1.50 bits per heavy atom. The largest absolute Gasteiger partial charge is 0.345 e. The van der Waals surface area contributed by atoms with Crippen LogP contribution in [0, 0.1) is 0 Å². The van der Waals surface area contributed by atoms with Crippen molar-refractivity contribution in [3.63, 3.8) is 0 Å². The van der Waals surface area contributed by atoms with Gasteiger partial charge in [0.15, 0.2) is 0 Å². The minimum Gasteiger partial charge on any atom is -0.345 e. The highest BCUT2D eigenvalue weighted by Crippen LogP contribution is 2.36. The summed E-state index contributed by atoms with van der Waals surface area (Å²) in [6, 6.07) is 3.05. The van der Waals surface area contributed by atoms with E-state index < -0.39 is 16.5 Å². The topological polar surface area (TPSA) is 3.24 Å². The lowest BCUT2D eigenvalue weighted by atomic mass is 10.8. The fourth-order valence-electron chi connectivity index (χ4n) is 2.39. The molecule has 0 unspecified atom stereocenters. The van der Waals surface area contributed by atoms with Crippen molar-refractivity contribution in [3.8, 4) is 0 Å². The zero-order chi connectivity index (χ0) is 9.41. The lowest BCUT2D eigenvalue weighted by Gasteiger charge is -2.38. The molecule has 0 aliphatic carbocycles. The lowest BCUT2D eigenvalue weighted by Crippen LogP contribution is -2.55. The Morgan fingerprint density at radius 1 is 1.08 bits per heavy atom. The molecule has 0 saturated carbocycles. The zero-order valence-electron chi connectivity index (χ0n) is 8.65. The average molecular weight is 266 g/mol. The number of hydrogen-bond donors (Lipinski definition) is 0. The summed E-state index contributed by atoms with van der Waals surface area (Å²) in [6.07, 6.45) is 0. The molecule has 4 heteroatoms. The number of halogens is 1. The van der Waals surface area contributed by atoms with Gasteiger partial charge in [-0.15, -0.1) is 0 Å². The second kappa shape index (κ2) is 3.55. The number of alkyl halides is 1. The monoisotopic (exact) mass is 265 g/mol. The van der Waals surface area contributed by atoms with Gasteiger partial charge in [0.25, 0.3) is 0 Å². The molecule has 72 valence electrons. The van der Waals surface area contributed by atoms with Crippen molar-refractivity contribution in [2.24, 2.45) is 0 Å². The molecule has 0 bridgehead atoms. The van der Waals surface area contributed by atoms with Crippen LogP contribution in [0.3, 0.4) is 0 Å². The number of hydrogen-bond acceptors (Lipinski definition) is 1. The molecule has 0 atom stereocenters. The molecule has 1 nitrogen and oxygen atoms in total. The molecule has 0 aromatic carbocycles. The maximum atomic E-state index is 3.57. The van der Waals surface area contributed by atoms with Gasteiger partial charge in [-0.3, -0.25) is 0 Å². The van der Waals surface area contributed by atoms with E-state index in [1.807, 2.05) is 0 Å². The van der Waals surface area contributed by atoms with Crippen LogP contribution in [-0.4, -0.2) is 32.6 Å². The Morgan fingerprint density at radius 3 is 1.83 bits per heavy atom. The van der Waals surface area contributed by atoms with Crippen LogP contribution in [0.4, 0.5) is 0 Å². The summed E-state index contributed by atoms with van der Waals surface area (Å²) in [7, 11) is -1.92. The lowest BCUT2D eigenvalue weighted by molar-refractivity contribution is 0.672. The molecule has 12 heavy (non-hydrogen) atoms. The molecule has 0 aromatic heterocycles. The maximum absolute atomic E-state index is 3.57. The minimum absolute atomic E-state index is 0.961. The summed E-state index contributed by atoms with van der Waals surface area (Å²) in [6.45, 7) is 11.4. The first-order valence-electron chi connectivity index (χ1n) is 4.74. The molecule has 0 aromatic rings. The second-order valence-corrected chi connectivity index (χ2v) is 15.5. The van der Waals surface area contributed by atoms with Gasteiger partial charge in [0.2, 0.25) is 0 Å². The van der Waals surface area contributed by atoms with E-state index in [1.54, 1.807) is 0 Å². The summed E-state index contributed by atoms with van der Waals surface area (Å²) in [5.74, 6) is 0. The van der Waals surface area contributed by atoms with Crippen molar-refractivity contribution in [1.29, 1.82) is 0 Å². The molecule has 1 fully saturated rings. The summed E-state index contributed by atoms with van der Waals surface area (Å²) in [5.41, 5.74) is 0. The molecule has 0 spiro atoms. The smallest absolute Gasteiger partial charge is 0.115 e. The summed E-state index contributed by atoms with van der Waals surface area (Å²) in [4.78, 5) is 0. The first-order chi connectivity index (χ1) is 5.40. The third-order valence-electron chi connectivity index (χ3n) is 3.12. The van der Waals surface area contributed by atoms with Gasteiger partial charge in [0.05, 0.1) is 0 Å². The minimum atomic E-state index is -0.961. The molecule has 1 heterocycles. The fraction of sp³-hybridized carbons (Fsp3) is 1.00. The van der Waals surface area contributed by atoms with Crippen molar-refractivity contribution in [1.82, 2.24) is 4.23 Å². The van der Waals surface area contributed by atoms with Gasteiger partial charge in [0, 0.05) is 5.33 Å². The van der Waals surface area contributed by atoms with Gasteiger partial charge in [-0.2, -0.15) is 0 Å². The molecule has 0 N–H and O–H groups in total. The van der Waals surface area contributed by atoms with Crippen LogP contribution in [-0.2, 0) is 0 Å². The molecular formula is C8H20BrNSi2. The first-order valence-corrected chi connectivity index (χ1v) is 12.2. The Labute approximate surface area is 86.8 Å². The molecule has 1 aliphatic heterocycles.